The summed E-state index contributed by atoms with van der Waals surface area (Å²) in [5.41, 5.74) is -1.94. The molecule has 0 radical (unpaired) electrons. The average Bonchev–Trinajstić information content (AvgIpc) is 2.75. The van der Waals surface area contributed by atoms with E-state index >= 15 is 0 Å². The molecule has 1 aliphatic rings. The Bertz CT molecular complexity index is 1030. The SMILES string of the molecule is CC1=C(CCN(C)C=N)C=C(C(F)(F)F)C(OCCC[Si](C)(C)C)(Oc2ccc(F)c(C(F)(F)F)c2)C1. The first kappa shape index (κ1) is 30.9. The fourth-order valence-electron chi connectivity index (χ4n) is 3.97. The molecule has 0 fully saturated rings. The van der Waals surface area contributed by atoms with Gasteiger partial charge in [-0.2, -0.15) is 26.3 Å². The highest BCUT2D eigenvalue weighted by Crippen LogP contribution is 2.46. The molecule has 0 aromatic heterocycles. The van der Waals surface area contributed by atoms with E-state index in [-0.39, 0.29) is 26.0 Å². The number of hydrogen-bond acceptors (Lipinski definition) is 3. The van der Waals surface area contributed by atoms with Crippen molar-refractivity contribution in [3.63, 3.8) is 0 Å². The topological polar surface area (TPSA) is 45.6 Å². The molecule has 0 spiro atoms. The van der Waals surface area contributed by atoms with Gasteiger partial charge in [-0.1, -0.05) is 31.3 Å². The molecule has 1 atom stereocenters. The average molecular weight is 555 g/mol. The van der Waals surface area contributed by atoms with Gasteiger partial charge in [-0.15, -0.1) is 0 Å². The maximum absolute atomic E-state index is 14.4. The first-order valence-electron chi connectivity index (χ1n) is 11.8. The summed E-state index contributed by atoms with van der Waals surface area (Å²) in [4.78, 5) is 1.50. The molecule has 0 saturated carbocycles. The molecule has 1 N–H and O–H groups in total. The van der Waals surface area contributed by atoms with Crippen molar-refractivity contribution < 1.29 is 40.2 Å². The van der Waals surface area contributed by atoms with Gasteiger partial charge in [0.25, 0.3) is 0 Å². The van der Waals surface area contributed by atoms with Crippen molar-refractivity contribution in [1.82, 2.24) is 4.90 Å². The third kappa shape index (κ3) is 8.59. The van der Waals surface area contributed by atoms with E-state index in [1.165, 1.54) is 4.90 Å². The lowest BCUT2D eigenvalue weighted by atomic mass is 9.85. The predicted octanol–water partition coefficient (Wildman–Crippen LogP) is 7.80. The maximum Gasteiger partial charge on any atom is 0.419 e. The van der Waals surface area contributed by atoms with Crippen molar-refractivity contribution >= 4 is 14.4 Å². The van der Waals surface area contributed by atoms with Crippen LogP contribution < -0.4 is 4.74 Å². The molecule has 1 aromatic rings. The van der Waals surface area contributed by atoms with Crippen molar-refractivity contribution in [2.45, 2.75) is 70.0 Å². The summed E-state index contributed by atoms with van der Waals surface area (Å²) in [6.45, 7) is 8.09. The Hall–Kier alpha value is -2.34. The molecule has 0 aliphatic heterocycles. The van der Waals surface area contributed by atoms with Gasteiger partial charge < -0.3 is 14.4 Å². The number of halogens is 7. The predicted molar refractivity (Wildman–Crippen MR) is 131 cm³/mol. The van der Waals surface area contributed by atoms with Crippen LogP contribution in [0.2, 0.25) is 25.7 Å². The van der Waals surface area contributed by atoms with E-state index in [0.29, 0.717) is 29.7 Å². The summed E-state index contributed by atoms with van der Waals surface area (Å²) in [6.07, 6.45) is -7.74. The van der Waals surface area contributed by atoms with Gasteiger partial charge in [0, 0.05) is 28.1 Å². The van der Waals surface area contributed by atoms with Crippen molar-refractivity contribution in [2.75, 3.05) is 20.2 Å². The summed E-state index contributed by atoms with van der Waals surface area (Å²) in [6, 6.07) is 2.49. The van der Waals surface area contributed by atoms with Crippen LogP contribution in [0.3, 0.4) is 0 Å². The largest absolute Gasteiger partial charge is 0.458 e. The lowest BCUT2D eigenvalue weighted by Gasteiger charge is -2.40. The van der Waals surface area contributed by atoms with Crippen molar-refractivity contribution in [2.24, 2.45) is 0 Å². The Morgan fingerprint density at radius 3 is 2.30 bits per heavy atom. The lowest BCUT2D eigenvalue weighted by molar-refractivity contribution is -0.202. The van der Waals surface area contributed by atoms with E-state index < -0.39 is 48.9 Å². The van der Waals surface area contributed by atoms with Crippen molar-refractivity contribution in [1.29, 1.82) is 5.41 Å². The highest BCUT2D eigenvalue weighted by atomic mass is 28.3. The highest BCUT2D eigenvalue weighted by Gasteiger charge is 2.53. The fraction of sp³-hybridized carbons (Fsp3) is 0.560. The number of allylic oxidation sites excluding steroid dienone is 1. The number of nitrogens with one attached hydrogen (secondary N) is 1. The molecular weight excluding hydrogens is 521 g/mol. The smallest absolute Gasteiger partial charge is 0.419 e. The molecule has 4 nitrogen and oxygen atoms in total. The quantitative estimate of drug-likeness (QED) is 0.0758. The normalized spacial score (nSPS) is 19.1. The van der Waals surface area contributed by atoms with Crippen LogP contribution in [0.1, 0.15) is 31.7 Å². The molecule has 0 heterocycles. The van der Waals surface area contributed by atoms with Gasteiger partial charge in [-0.25, -0.2) is 4.39 Å². The lowest BCUT2D eigenvalue weighted by Crippen LogP contribution is -2.48. The van der Waals surface area contributed by atoms with E-state index in [4.69, 9.17) is 14.9 Å². The van der Waals surface area contributed by atoms with Crippen LogP contribution in [0.25, 0.3) is 0 Å². The Morgan fingerprint density at radius 1 is 1.11 bits per heavy atom. The molecule has 0 amide bonds. The van der Waals surface area contributed by atoms with Crippen LogP contribution in [-0.2, 0) is 10.9 Å². The number of nitrogens with zero attached hydrogens (tertiary/aromatic N) is 1. The third-order valence-electron chi connectivity index (χ3n) is 5.97. The minimum absolute atomic E-state index is 0.107. The number of rotatable bonds is 11. The van der Waals surface area contributed by atoms with E-state index in [9.17, 15) is 30.7 Å². The zero-order valence-corrected chi connectivity index (χ0v) is 22.5. The second-order valence-corrected chi connectivity index (χ2v) is 16.0. The molecular formula is C25H33F7N2O2Si. The van der Waals surface area contributed by atoms with Gasteiger partial charge in [0.05, 0.1) is 18.5 Å². The molecule has 208 valence electrons. The number of hydrogen-bond donors (Lipinski definition) is 1. The minimum atomic E-state index is -5.06. The van der Waals surface area contributed by atoms with Gasteiger partial charge in [0.1, 0.15) is 17.1 Å². The van der Waals surface area contributed by atoms with Crippen molar-refractivity contribution in [3.8, 4) is 5.75 Å². The second-order valence-electron chi connectivity index (χ2n) is 10.4. The van der Waals surface area contributed by atoms with E-state index in [1.807, 2.05) is 0 Å². The van der Waals surface area contributed by atoms with Crippen LogP contribution in [0.15, 0.2) is 41.0 Å². The molecule has 37 heavy (non-hydrogen) atoms. The zero-order valence-electron chi connectivity index (χ0n) is 21.5. The maximum atomic E-state index is 14.4. The molecule has 2 rings (SSSR count). The van der Waals surface area contributed by atoms with Gasteiger partial charge >= 0.3 is 12.4 Å². The highest BCUT2D eigenvalue weighted by molar-refractivity contribution is 6.76. The Labute approximate surface area is 213 Å². The number of ether oxygens (including phenoxy) is 2. The summed E-state index contributed by atoms with van der Waals surface area (Å²) in [7, 11) is 0.0759. The second kappa shape index (κ2) is 11.6. The molecule has 0 saturated heterocycles. The third-order valence-corrected chi connectivity index (χ3v) is 7.82. The van der Waals surface area contributed by atoms with Crippen molar-refractivity contribution in [3.05, 3.63) is 52.4 Å². The van der Waals surface area contributed by atoms with E-state index in [2.05, 4.69) is 19.6 Å². The summed E-state index contributed by atoms with van der Waals surface area (Å²) in [5, 5.41) is 7.26. The van der Waals surface area contributed by atoms with E-state index in [0.717, 1.165) is 24.5 Å². The minimum Gasteiger partial charge on any atom is -0.458 e. The summed E-state index contributed by atoms with van der Waals surface area (Å²) < 4.78 is 108. The first-order chi connectivity index (χ1) is 16.9. The zero-order chi connectivity index (χ0) is 28.2. The van der Waals surface area contributed by atoms with E-state index in [1.54, 1.807) is 14.0 Å². The molecule has 1 aliphatic carbocycles. The van der Waals surface area contributed by atoms with Gasteiger partial charge in [-0.05, 0) is 49.6 Å². The molecule has 0 bridgehead atoms. The first-order valence-corrected chi connectivity index (χ1v) is 15.5. The standard InChI is InChI=1S/C25H33F7N2O2Si/c1-17-15-23(35-11-6-12-37(3,4)5,36-19-7-8-21(26)20(14-19)24(27,28)29)22(25(30,31)32)13-18(17)9-10-34(2)16-33/h7-8,13-14,16,33H,6,9-12,15H2,1-5H3. The van der Waals surface area contributed by atoms with Crippen LogP contribution in [0.5, 0.6) is 5.75 Å². The number of benzene rings is 1. The van der Waals surface area contributed by atoms with Gasteiger partial charge in [-0.3, -0.25) is 5.41 Å². The van der Waals surface area contributed by atoms with Crippen LogP contribution >= 0.6 is 0 Å². The fourth-order valence-corrected chi connectivity index (χ4v) is 5.18. The molecule has 12 heteroatoms. The Kier molecular flexibility index (Phi) is 9.67. The Morgan fingerprint density at radius 2 is 1.76 bits per heavy atom. The molecule has 1 unspecified atom stereocenters. The number of alkyl halides is 6. The summed E-state index contributed by atoms with van der Waals surface area (Å²) >= 11 is 0. The van der Waals surface area contributed by atoms with Gasteiger partial charge in [0.15, 0.2) is 0 Å². The summed E-state index contributed by atoms with van der Waals surface area (Å²) in [5.74, 6) is -4.60. The molecule has 1 aromatic carbocycles. The Balaban J connectivity index is 2.54. The van der Waals surface area contributed by atoms with Crippen LogP contribution in [0.4, 0.5) is 30.7 Å². The van der Waals surface area contributed by atoms with Crippen LogP contribution in [-0.4, -0.2) is 51.5 Å². The van der Waals surface area contributed by atoms with Crippen LogP contribution in [0, 0.1) is 11.2 Å². The van der Waals surface area contributed by atoms with Gasteiger partial charge in [0.2, 0.25) is 5.79 Å². The monoisotopic (exact) mass is 554 g/mol.